The molecule has 0 spiro atoms. The molecule has 27 heavy (non-hydrogen) atoms. The number of hydrogen-bond donors (Lipinski definition) is 0. The molecule has 0 bridgehead atoms. The summed E-state index contributed by atoms with van der Waals surface area (Å²) in [7, 11) is 0. The molecule has 0 amide bonds. The Hall–Kier alpha value is -1.64. The van der Waals surface area contributed by atoms with Crippen molar-refractivity contribution in [1.82, 2.24) is 0 Å². The molecule has 2 aliphatic rings. The molecule has 2 aliphatic carbocycles. The number of rotatable bonds is 6. The first-order valence-electron chi connectivity index (χ1n) is 9.76. The molecule has 1 nitrogen and oxygen atoms in total. The quantitative estimate of drug-likeness (QED) is 0.497. The highest BCUT2D eigenvalue weighted by atomic mass is 35.5. The van der Waals surface area contributed by atoms with Crippen molar-refractivity contribution in [3.05, 3.63) is 87.8 Å². The van der Waals surface area contributed by atoms with Gasteiger partial charge in [0.1, 0.15) is 12.4 Å². The average Bonchev–Trinajstić information content (AvgIpc) is 3.17. The second-order valence-corrected chi connectivity index (χ2v) is 9.28. The molecule has 0 heterocycles. The van der Waals surface area contributed by atoms with Crippen LogP contribution in [0.1, 0.15) is 49.7 Å². The van der Waals surface area contributed by atoms with Crippen LogP contribution in [0.5, 0.6) is 5.75 Å². The second kappa shape index (κ2) is 8.58. The van der Waals surface area contributed by atoms with Gasteiger partial charge in [0.2, 0.25) is 0 Å². The molecule has 2 aromatic carbocycles. The Kier molecular flexibility index (Phi) is 5.95. The van der Waals surface area contributed by atoms with Crippen LogP contribution in [0, 0.1) is 0 Å². The van der Waals surface area contributed by atoms with Crippen LogP contribution in [0.3, 0.4) is 0 Å². The number of hydrogen-bond acceptors (Lipinski definition) is 2. The maximum atomic E-state index is 6.28. The molecule has 0 atom stereocenters. The minimum absolute atomic E-state index is 0.175. The molecule has 0 aromatic heterocycles. The molecular weight excluding hydrogens is 372 g/mol. The van der Waals surface area contributed by atoms with Crippen molar-refractivity contribution in [2.24, 2.45) is 0 Å². The minimum Gasteiger partial charge on any atom is -0.489 e. The van der Waals surface area contributed by atoms with Crippen LogP contribution in [0.25, 0.3) is 0 Å². The zero-order valence-electron chi connectivity index (χ0n) is 15.5. The van der Waals surface area contributed by atoms with Gasteiger partial charge in [-0.3, -0.25) is 0 Å². The number of halogens is 1. The first-order valence-corrected chi connectivity index (χ1v) is 11.0. The highest BCUT2D eigenvalue weighted by Gasteiger charge is 2.37. The summed E-state index contributed by atoms with van der Waals surface area (Å²) in [6.07, 6.45) is 11.6. The van der Waals surface area contributed by atoms with Gasteiger partial charge in [-0.1, -0.05) is 73.0 Å². The Morgan fingerprint density at radius 3 is 2.41 bits per heavy atom. The molecule has 3 heteroatoms. The van der Waals surface area contributed by atoms with E-state index in [1.165, 1.54) is 41.7 Å². The highest BCUT2D eigenvalue weighted by Crippen LogP contribution is 2.53. The Morgan fingerprint density at radius 1 is 0.963 bits per heavy atom. The average molecular weight is 397 g/mol. The SMILES string of the molecule is ClC1=CC(SC2(c3ccc(OCc4ccccc4)cc3)CCCC2)=CCC1. The lowest BCUT2D eigenvalue weighted by Crippen LogP contribution is -2.17. The zero-order valence-corrected chi connectivity index (χ0v) is 17.1. The summed E-state index contributed by atoms with van der Waals surface area (Å²) in [4.78, 5) is 1.33. The minimum atomic E-state index is 0.175. The Bertz CT molecular complexity index is 817. The van der Waals surface area contributed by atoms with E-state index < -0.39 is 0 Å². The Morgan fingerprint density at radius 2 is 1.70 bits per heavy atom. The first kappa shape index (κ1) is 18.7. The molecule has 4 rings (SSSR count). The third-order valence-electron chi connectivity index (χ3n) is 5.38. The van der Waals surface area contributed by atoms with E-state index >= 15 is 0 Å². The van der Waals surface area contributed by atoms with Crippen molar-refractivity contribution in [1.29, 1.82) is 0 Å². The molecule has 0 N–H and O–H groups in total. The van der Waals surface area contributed by atoms with E-state index in [4.69, 9.17) is 16.3 Å². The Labute approximate surface area is 171 Å². The zero-order chi connectivity index (χ0) is 18.5. The highest BCUT2D eigenvalue weighted by molar-refractivity contribution is 8.04. The molecule has 0 aliphatic heterocycles. The summed E-state index contributed by atoms with van der Waals surface area (Å²) < 4.78 is 6.14. The molecule has 0 unspecified atom stereocenters. The second-order valence-electron chi connectivity index (χ2n) is 7.34. The summed E-state index contributed by atoms with van der Waals surface area (Å²) >= 11 is 8.29. The number of ether oxygens (including phenoxy) is 1. The lowest BCUT2D eigenvalue weighted by Gasteiger charge is -2.30. The van der Waals surface area contributed by atoms with Gasteiger partial charge in [0.15, 0.2) is 0 Å². The van der Waals surface area contributed by atoms with Gasteiger partial charge in [-0.05, 0) is 55.0 Å². The van der Waals surface area contributed by atoms with E-state index in [0.717, 1.165) is 23.6 Å². The first-order chi connectivity index (χ1) is 13.2. The van der Waals surface area contributed by atoms with Gasteiger partial charge < -0.3 is 4.74 Å². The van der Waals surface area contributed by atoms with Crippen LogP contribution in [0.2, 0.25) is 0 Å². The van der Waals surface area contributed by atoms with Crippen LogP contribution in [-0.2, 0) is 11.4 Å². The Balaban J connectivity index is 1.47. The van der Waals surface area contributed by atoms with Gasteiger partial charge >= 0.3 is 0 Å². The third-order valence-corrected chi connectivity index (χ3v) is 7.23. The molecule has 0 radical (unpaired) electrons. The van der Waals surface area contributed by atoms with Crippen molar-refractivity contribution in [2.75, 3.05) is 0 Å². The fourth-order valence-electron chi connectivity index (χ4n) is 3.93. The smallest absolute Gasteiger partial charge is 0.119 e. The topological polar surface area (TPSA) is 9.23 Å². The summed E-state index contributed by atoms with van der Waals surface area (Å²) in [5.74, 6) is 0.931. The van der Waals surface area contributed by atoms with Crippen LogP contribution in [0.15, 0.2) is 76.7 Å². The van der Waals surface area contributed by atoms with Crippen LogP contribution >= 0.6 is 23.4 Å². The predicted octanol–water partition coefficient (Wildman–Crippen LogP) is 7.57. The fraction of sp³-hybridized carbons (Fsp3) is 0.333. The lowest BCUT2D eigenvalue weighted by molar-refractivity contribution is 0.306. The van der Waals surface area contributed by atoms with Gasteiger partial charge in [-0.25, -0.2) is 0 Å². The van der Waals surface area contributed by atoms with E-state index in [-0.39, 0.29) is 4.75 Å². The monoisotopic (exact) mass is 396 g/mol. The van der Waals surface area contributed by atoms with Crippen molar-refractivity contribution in [3.8, 4) is 5.75 Å². The third kappa shape index (κ3) is 4.62. The number of allylic oxidation sites excluding steroid dienone is 3. The van der Waals surface area contributed by atoms with E-state index in [9.17, 15) is 0 Å². The molecule has 140 valence electrons. The van der Waals surface area contributed by atoms with Crippen molar-refractivity contribution in [2.45, 2.75) is 49.9 Å². The van der Waals surface area contributed by atoms with Gasteiger partial charge in [0.25, 0.3) is 0 Å². The van der Waals surface area contributed by atoms with Crippen molar-refractivity contribution >= 4 is 23.4 Å². The van der Waals surface area contributed by atoms with E-state index in [1.807, 2.05) is 30.0 Å². The maximum absolute atomic E-state index is 6.28. The maximum Gasteiger partial charge on any atom is 0.119 e. The molecule has 2 aromatic rings. The van der Waals surface area contributed by atoms with Crippen LogP contribution in [0.4, 0.5) is 0 Å². The fourth-order valence-corrected chi connectivity index (χ4v) is 5.82. The van der Waals surface area contributed by atoms with Gasteiger partial charge in [-0.2, -0.15) is 0 Å². The van der Waals surface area contributed by atoms with Crippen molar-refractivity contribution < 1.29 is 4.74 Å². The molecule has 0 saturated heterocycles. The lowest BCUT2D eigenvalue weighted by atomic mass is 9.96. The summed E-state index contributed by atoms with van der Waals surface area (Å²) in [6.45, 7) is 0.607. The predicted molar refractivity (Wildman–Crippen MR) is 116 cm³/mol. The molecule has 1 saturated carbocycles. The number of thioether (sulfide) groups is 1. The van der Waals surface area contributed by atoms with Crippen LogP contribution < -0.4 is 4.74 Å². The summed E-state index contributed by atoms with van der Waals surface area (Å²) in [6, 6.07) is 19.1. The van der Waals surface area contributed by atoms with E-state index in [0.29, 0.717) is 6.61 Å². The summed E-state index contributed by atoms with van der Waals surface area (Å²) in [5, 5.41) is 0.984. The standard InChI is InChI=1S/C24H25ClOS/c25-21-9-6-10-23(17-21)27-24(15-4-5-16-24)20-11-13-22(14-12-20)26-18-19-7-2-1-3-8-19/h1-3,7-8,10-14,17H,4-6,9,15-16,18H2. The van der Waals surface area contributed by atoms with E-state index in [1.54, 1.807) is 0 Å². The normalized spacial score (nSPS) is 18.7. The largest absolute Gasteiger partial charge is 0.489 e. The van der Waals surface area contributed by atoms with Gasteiger partial charge in [0, 0.05) is 14.7 Å². The number of benzene rings is 2. The van der Waals surface area contributed by atoms with Gasteiger partial charge in [-0.15, -0.1) is 11.8 Å². The summed E-state index contributed by atoms with van der Waals surface area (Å²) in [5.41, 5.74) is 2.60. The van der Waals surface area contributed by atoms with E-state index in [2.05, 4.69) is 48.6 Å². The van der Waals surface area contributed by atoms with Gasteiger partial charge in [0.05, 0.1) is 0 Å². The molecule has 1 fully saturated rings. The van der Waals surface area contributed by atoms with Crippen LogP contribution in [-0.4, -0.2) is 0 Å². The molecular formula is C24H25ClOS. The van der Waals surface area contributed by atoms with Crippen molar-refractivity contribution in [3.63, 3.8) is 0 Å².